The van der Waals surface area contributed by atoms with Crippen molar-refractivity contribution in [1.82, 2.24) is 4.31 Å². The SMILES string of the molecule is CCN(CC)S(=O)(=O)c1ccc(NC(=O)CNc2ccc(OC)c(OC(F)F)c2)cc1. The van der Waals surface area contributed by atoms with E-state index in [9.17, 15) is 22.0 Å². The van der Waals surface area contributed by atoms with Crippen LogP contribution >= 0.6 is 0 Å². The largest absolute Gasteiger partial charge is 0.493 e. The van der Waals surface area contributed by atoms with Gasteiger partial charge in [-0.25, -0.2) is 8.42 Å². The van der Waals surface area contributed by atoms with Crippen LogP contribution in [0.2, 0.25) is 0 Å². The van der Waals surface area contributed by atoms with Crippen LogP contribution in [0.15, 0.2) is 47.4 Å². The van der Waals surface area contributed by atoms with Gasteiger partial charge in [0.1, 0.15) is 0 Å². The predicted molar refractivity (Wildman–Crippen MR) is 113 cm³/mol. The molecular formula is C20H25F2N3O5S. The molecule has 170 valence electrons. The Labute approximate surface area is 180 Å². The van der Waals surface area contributed by atoms with Gasteiger partial charge >= 0.3 is 6.61 Å². The standard InChI is InChI=1S/C20H25F2N3O5S/c1-4-25(5-2)31(27,28)16-9-6-14(7-10-16)24-19(26)13-23-15-8-11-17(29-3)18(12-15)30-20(21)22/h6-12,20,23H,4-5,13H2,1-3H3,(H,24,26). The first-order valence-electron chi connectivity index (χ1n) is 9.48. The van der Waals surface area contributed by atoms with Crippen LogP contribution in [0.5, 0.6) is 11.5 Å². The molecule has 0 fully saturated rings. The van der Waals surface area contributed by atoms with E-state index < -0.39 is 22.5 Å². The van der Waals surface area contributed by atoms with E-state index in [1.54, 1.807) is 19.9 Å². The van der Waals surface area contributed by atoms with Gasteiger partial charge < -0.3 is 20.1 Å². The van der Waals surface area contributed by atoms with Crippen LogP contribution in [-0.4, -0.2) is 52.0 Å². The summed E-state index contributed by atoms with van der Waals surface area (Å²) < 4.78 is 60.7. The van der Waals surface area contributed by atoms with Crippen molar-refractivity contribution >= 4 is 27.3 Å². The van der Waals surface area contributed by atoms with Gasteiger partial charge in [0.05, 0.1) is 18.6 Å². The molecule has 31 heavy (non-hydrogen) atoms. The van der Waals surface area contributed by atoms with Crippen molar-refractivity contribution in [3.63, 3.8) is 0 Å². The number of hydrogen-bond acceptors (Lipinski definition) is 6. The molecule has 2 rings (SSSR count). The van der Waals surface area contributed by atoms with Crippen molar-refractivity contribution in [2.75, 3.05) is 37.4 Å². The number of benzene rings is 2. The molecule has 0 saturated heterocycles. The summed E-state index contributed by atoms with van der Waals surface area (Å²) in [6.45, 7) is 1.07. The zero-order chi connectivity index (χ0) is 23.0. The Morgan fingerprint density at radius 2 is 1.65 bits per heavy atom. The highest BCUT2D eigenvalue weighted by atomic mass is 32.2. The molecule has 0 atom stereocenters. The lowest BCUT2D eigenvalue weighted by molar-refractivity contribution is -0.114. The predicted octanol–water partition coefficient (Wildman–Crippen LogP) is 3.38. The first-order valence-corrected chi connectivity index (χ1v) is 10.9. The van der Waals surface area contributed by atoms with Gasteiger partial charge in [-0.1, -0.05) is 13.8 Å². The van der Waals surface area contributed by atoms with Crippen molar-refractivity contribution in [3.8, 4) is 11.5 Å². The zero-order valence-corrected chi connectivity index (χ0v) is 18.2. The highest BCUT2D eigenvalue weighted by molar-refractivity contribution is 7.89. The Kier molecular flexibility index (Phi) is 8.57. The van der Waals surface area contributed by atoms with Gasteiger partial charge in [-0.15, -0.1) is 0 Å². The maximum atomic E-state index is 12.5. The lowest BCUT2D eigenvalue weighted by Crippen LogP contribution is -2.30. The van der Waals surface area contributed by atoms with Crippen molar-refractivity contribution in [2.24, 2.45) is 0 Å². The van der Waals surface area contributed by atoms with Crippen LogP contribution in [0.3, 0.4) is 0 Å². The number of carbonyl (C=O) groups excluding carboxylic acids is 1. The fourth-order valence-electron chi connectivity index (χ4n) is 2.79. The van der Waals surface area contributed by atoms with Crippen LogP contribution in [0, 0.1) is 0 Å². The third kappa shape index (κ3) is 6.53. The summed E-state index contributed by atoms with van der Waals surface area (Å²) in [7, 11) is -2.25. The second-order valence-corrected chi connectivity index (χ2v) is 8.20. The molecule has 2 aromatic rings. The molecule has 0 radical (unpaired) electrons. The minimum atomic E-state index is -3.58. The van der Waals surface area contributed by atoms with Crippen LogP contribution < -0.4 is 20.1 Å². The maximum Gasteiger partial charge on any atom is 0.387 e. The molecule has 0 aliphatic rings. The maximum absolute atomic E-state index is 12.5. The second-order valence-electron chi connectivity index (χ2n) is 6.26. The number of anilines is 2. The van der Waals surface area contributed by atoms with Crippen molar-refractivity contribution < 1.29 is 31.5 Å². The summed E-state index contributed by atoms with van der Waals surface area (Å²) in [6.07, 6.45) is 0. The monoisotopic (exact) mass is 457 g/mol. The van der Waals surface area contributed by atoms with E-state index in [-0.39, 0.29) is 22.9 Å². The molecule has 2 N–H and O–H groups in total. The summed E-state index contributed by atoms with van der Waals surface area (Å²) in [4.78, 5) is 12.3. The number of rotatable bonds is 11. The van der Waals surface area contributed by atoms with Gasteiger partial charge in [-0.3, -0.25) is 4.79 Å². The number of nitrogens with one attached hydrogen (secondary N) is 2. The third-order valence-corrected chi connectivity index (χ3v) is 6.38. The fourth-order valence-corrected chi connectivity index (χ4v) is 4.24. The molecule has 0 aromatic heterocycles. The van der Waals surface area contributed by atoms with E-state index in [4.69, 9.17) is 4.74 Å². The summed E-state index contributed by atoms with van der Waals surface area (Å²) >= 11 is 0. The molecule has 8 nitrogen and oxygen atoms in total. The average Bonchev–Trinajstić information content (AvgIpc) is 2.73. The zero-order valence-electron chi connectivity index (χ0n) is 17.4. The van der Waals surface area contributed by atoms with E-state index in [0.29, 0.717) is 24.5 Å². The van der Waals surface area contributed by atoms with Gasteiger partial charge in [0.2, 0.25) is 15.9 Å². The molecule has 0 unspecified atom stereocenters. The Balaban J connectivity index is 1.99. The van der Waals surface area contributed by atoms with Crippen LogP contribution in [-0.2, 0) is 14.8 Å². The molecule has 0 heterocycles. The van der Waals surface area contributed by atoms with Crippen LogP contribution in [0.25, 0.3) is 0 Å². The lowest BCUT2D eigenvalue weighted by atomic mass is 10.2. The molecule has 0 aliphatic heterocycles. The second kappa shape index (κ2) is 10.9. The summed E-state index contributed by atoms with van der Waals surface area (Å²) in [5.74, 6) is -0.436. The fraction of sp³-hybridized carbons (Fsp3) is 0.350. The molecule has 0 spiro atoms. The van der Waals surface area contributed by atoms with Gasteiger partial charge in [0.25, 0.3) is 0 Å². The van der Waals surface area contributed by atoms with Gasteiger partial charge in [0, 0.05) is 30.5 Å². The molecule has 0 bridgehead atoms. The number of sulfonamides is 1. The van der Waals surface area contributed by atoms with E-state index in [1.165, 1.54) is 47.8 Å². The van der Waals surface area contributed by atoms with Crippen molar-refractivity contribution in [3.05, 3.63) is 42.5 Å². The smallest absolute Gasteiger partial charge is 0.387 e. The van der Waals surface area contributed by atoms with E-state index >= 15 is 0 Å². The van der Waals surface area contributed by atoms with Gasteiger partial charge in [0.15, 0.2) is 11.5 Å². The Morgan fingerprint density at radius 1 is 1.03 bits per heavy atom. The number of hydrogen-bond donors (Lipinski definition) is 2. The summed E-state index contributed by atoms with van der Waals surface area (Å²) in [6, 6.07) is 10.1. The molecule has 0 aliphatic carbocycles. The number of carbonyl (C=O) groups is 1. The van der Waals surface area contributed by atoms with E-state index in [1.807, 2.05) is 0 Å². The lowest BCUT2D eigenvalue weighted by Gasteiger charge is -2.18. The number of methoxy groups -OCH3 is 1. The normalized spacial score (nSPS) is 11.5. The summed E-state index contributed by atoms with van der Waals surface area (Å²) in [5, 5.41) is 5.43. The minimum absolute atomic E-state index is 0.134. The topological polar surface area (TPSA) is 97.0 Å². The first kappa shape index (κ1) is 24.4. The van der Waals surface area contributed by atoms with E-state index in [0.717, 1.165) is 0 Å². The molecular weight excluding hydrogens is 432 g/mol. The number of nitrogens with zero attached hydrogens (tertiary/aromatic N) is 1. The Morgan fingerprint density at radius 3 is 2.19 bits per heavy atom. The van der Waals surface area contributed by atoms with Gasteiger partial charge in [-0.05, 0) is 36.4 Å². The molecule has 2 aromatic carbocycles. The minimum Gasteiger partial charge on any atom is -0.493 e. The number of alkyl halides is 2. The van der Waals surface area contributed by atoms with Crippen molar-refractivity contribution in [2.45, 2.75) is 25.4 Å². The first-order chi connectivity index (χ1) is 14.7. The highest BCUT2D eigenvalue weighted by Crippen LogP contribution is 2.31. The Hall–Kier alpha value is -2.92. The van der Waals surface area contributed by atoms with Crippen LogP contribution in [0.4, 0.5) is 20.2 Å². The summed E-state index contributed by atoms with van der Waals surface area (Å²) in [5.41, 5.74) is 0.800. The number of ether oxygens (including phenoxy) is 2. The quantitative estimate of drug-likeness (QED) is 0.537. The van der Waals surface area contributed by atoms with Gasteiger partial charge in [-0.2, -0.15) is 13.1 Å². The molecule has 0 saturated carbocycles. The Bertz CT molecular complexity index is 981. The van der Waals surface area contributed by atoms with Crippen LogP contribution in [0.1, 0.15) is 13.8 Å². The number of halogens is 2. The van der Waals surface area contributed by atoms with E-state index in [2.05, 4.69) is 15.4 Å². The third-order valence-electron chi connectivity index (χ3n) is 4.31. The van der Waals surface area contributed by atoms with Crippen molar-refractivity contribution in [1.29, 1.82) is 0 Å². The number of amides is 1. The average molecular weight is 457 g/mol. The highest BCUT2D eigenvalue weighted by Gasteiger charge is 2.21. The molecule has 1 amide bonds. The molecule has 11 heteroatoms.